The molecule has 2 aromatic rings. The topological polar surface area (TPSA) is 72.0 Å². The van der Waals surface area contributed by atoms with Gasteiger partial charge in [-0.25, -0.2) is 0 Å². The van der Waals surface area contributed by atoms with Crippen LogP contribution in [0, 0.1) is 0 Å². The zero-order valence-electron chi connectivity index (χ0n) is 9.58. The molecule has 0 spiro atoms. The van der Waals surface area contributed by atoms with Gasteiger partial charge in [0.2, 0.25) is 0 Å². The molecule has 4 nitrogen and oxygen atoms in total. The molecular formula is C14H13O4+. The molecule has 2 rings (SSSR count). The first kappa shape index (κ1) is 12.0. The van der Waals surface area contributed by atoms with Crippen molar-refractivity contribution in [1.29, 1.82) is 0 Å². The molecule has 18 heavy (non-hydrogen) atoms. The van der Waals surface area contributed by atoms with Gasteiger partial charge in [-0.1, -0.05) is 12.1 Å². The van der Waals surface area contributed by atoms with Crippen LogP contribution in [-0.2, 0) is 6.61 Å². The first-order chi connectivity index (χ1) is 8.66. The van der Waals surface area contributed by atoms with E-state index < -0.39 is 0 Å². The molecule has 0 aliphatic carbocycles. The van der Waals surface area contributed by atoms with E-state index >= 15 is 0 Å². The molecule has 0 unspecified atom stereocenters. The summed E-state index contributed by atoms with van der Waals surface area (Å²) in [5.41, 5.74) is 1.30. The fourth-order valence-electron chi connectivity index (χ4n) is 1.47. The minimum absolute atomic E-state index is 0.144. The van der Waals surface area contributed by atoms with Crippen molar-refractivity contribution >= 4 is 6.29 Å². The Morgan fingerprint density at radius 1 is 0.889 bits per heavy atom. The van der Waals surface area contributed by atoms with Crippen molar-refractivity contribution in [3.05, 3.63) is 53.6 Å². The molecule has 0 aliphatic rings. The molecule has 0 radical (unpaired) electrons. The minimum Gasteiger partial charge on any atom is -0.507 e. The highest BCUT2D eigenvalue weighted by Crippen LogP contribution is 2.25. The average molecular weight is 245 g/mol. The van der Waals surface area contributed by atoms with Crippen molar-refractivity contribution in [1.82, 2.24) is 0 Å². The molecule has 3 N–H and O–H groups in total. The zero-order chi connectivity index (χ0) is 13.0. The van der Waals surface area contributed by atoms with Crippen molar-refractivity contribution in [3.8, 4) is 17.2 Å². The van der Waals surface area contributed by atoms with Crippen LogP contribution in [-0.4, -0.2) is 21.6 Å². The standard InChI is InChI=1S/C14H12O4/c15-12-4-2-1-3-11(12)9-18-8-10-5-6-13(16)14(17)7-10/h1-7,9H,8H2,(H2-,15,16,17)/p+1. The van der Waals surface area contributed by atoms with Crippen molar-refractivity contribution in [2.24, 2.45) is 0 Å². The summed E-state index contributed by atoms with van der Waals surface area (Å²) in [5.74, 6) is -0.201. The molecule has 0 aromatic heterocycles. The number of aromatic hydroxyl groups is 3. The number of aldehydes is 1. The quantitative estimate of drug-likeness (QED) is 0.441. The average Bonchev–Trinajstić information content (AvgIpc) is 2.36. The fourth-order valence-corrected chi connectivity index (χ4v) is 1.47. The first-order valence-electron chi connectivity index (χ1n) is 5.40. The van der Waals surface area contributed by atoms with Crippen molar-refractivity contribution in [2.75, 3.05) is 0 Å². The smallest absolute Gasteiger partial charge is 0.319 e. The highest BCUT2D eigenvalue weighted by Gasteiger charge is 2.05. The maximum atomic E-state index is 9.50. The van der Waals surface area contributed by atoms with E-state index in [0.29, 0.717) is 5.56 Å². The van der Waals surface area contributed by atoms with Crippen LogP contribution in [0.3, 0.4) is 0 Å². The zero-order valence-corrected chi connectivity index (χ0v) is 9.58. The van der Waals surface area contributed by atoms with Crippen molar-refractivity contribution in [3.63, 3.8) is 0 Å². The lowest BCUT2D eigenvalue weighted by molar-refractivity contribution is -0.282. The molecular weight excluding hydrogens is 232 g/mol. The molecule has 0 aliphatic heterocycles. The number of hydrogen-bond donors (Lipinski definition) is 3. The third-order valence-corrected chi connectivity index (χ3v) is 2.44. The number of benzene rings is 2. The lowest BCUT2D eigenvalue weighted by atomic mass is 10.2. The van der Waals surface area contributed by atoms with Crippen molar-refractivity contribution < 1.29 is 19.7 Å². The van der Waals surface area contributed by atoms with Gasteiger partial charge < -0.3 is 15.3 Å². The van der Waals surface area contributed by atoms with Crippen LogP contribution in [0.5, 0.6) is 17.2 Å². The van der Waals surface area contributed by atoms with Gasteiger partial charge in [0.25, 0.3) is 6.61 Å². The maximum absolute atomic E-state index is 9.50. The Balaban J connectivity index is 2.07. The molecule has 4 heteroatoms. The Morgan fingerprint density at radius 3 is 2.39 bits per heavy atom. The molecule has 0 atom stereocenters. The SMILES string of the molecule is Oc1ccc(C[O+]=Cc2ccccc2O)cc1O. The van der Waals surface area contributed by atoms with E-state index in [1.807, 2.05) is 0 Å². The van der Waals surface area contributed by atoms with Gasteiger partial charge in [-0.2, -0.15) is 0 Å². The molecule has 0 saturated heterocycles. The number of para-hydroxylation sites is 1. The predicted octanol–water partition coefficient (Wildman–Crippen LogP) is 2.35. The summed E-state index contributed by atoms with van der Waals surface area (Å²) in [6.45, 7) is 0.238. The Bertz CT molecular complexity index is 576. The third-order valence-electron chi connectivity index (χ3n) is 2.44. The van der Waals surface area contributed by atoms with Gasteiger partial charge in [-0.3, -0.25) is 4.42 Å². The fraction of sp³-hybridized carbons (Fsp3) is 0.0714. The Hall–Kier alpha value is -2.49. The monoisotopic (exact) mass is 245 g/mol. The van der Waals surface area contributed by atoms with Crippen LogP contribution in [0.25, 0.3) is 0 Å². The molecule has 2 aromatic carbocycles. The molecule has 0 fully saturated rings. The predicted molar refractivity (Wildman–Crippen MR) is 67.0 cm³/mol. The first-order valence-corrected chi connectivity index (χ1v) is 5.40. The molecule has 0 saturated carbocycles. The lowest BCUT2D eigenvalue weighted by Gasteiger charge is -1.96. The van der Waals surface area contributed by atoms with Crippen LogP contribution in [0.2, 0.25) is 0 Å². The Morgan fingerprint density at radius 2 is 1.67 bits per heavy atom. The van der Waals surface area contributed by atoms with Crippen molar-refractivity contribution in [2.45, 2.75) is 6.61 Å². The number of rotatable bonds is 3. The van der Waals surface area contributed by atoms with Gasteiger partial charge in [0.15, 0.2) is 11.5 Å². The number of carbonyl (C=O) groups excluding carboxylic acids is 1. The van der Waals surface area contributed by atoms with Crippen LogP contribution in [0.15, 0.2) is 42.5 Å². The number of phenols is 3. The minimum atomic E-state index is -0.182. The molecule has 92 valence electrons. The third kappa shape index (κ3) is 2.79. The summed E-state index contributed by atoms with van der Waals surface area (Å²) < 4.78 is 5.30. The van der Waals surface area contributed by atoms with Gasteiger partial charge >= 0.3 is 6.29 Å². The second kappa shape index (κ2) is 5.23. The van der Waals surface area contributed by atoms with Crippen LogP contribution in [0.1, 0.15) is 15.6 Å². The van der Waals surface area contributed by atoms with E-state index in [4.69, 9.17) is 9.53 Å². The molecule has 0 amide bonds. The van der Waals surface area contributed by atoms with Crippen LogP contribution < -0.4 is 0 Å². The van der Waals surface area contributed by atoms with Crippen LogP contribution >= 0.6 is 0 Å². The Labute approximate surface area is 104 Å². The van der Waals surface area contributed by atoms with E-state index in [1.165, 1.54) is 18.4 Å². The number of phenolic OH excluding ortho intramolecular Hbond substituents is 3. The summed E-state index contributed by atoms with van der Waals surface area (Å²) >= 11 is 0. The normalized spacial score (nSPS) is 10.9. The van der Waals surface area contributed by atoms with Gasteiger partial charge in [0, 0.05) is 0 Å². The number of hydrogen-bond acceptors (Lipinski definition) is 3. The van der Waals surface area contributed by atoms with E-state index in [-0.39, 0.29) is 23.9 Å². The van der Waals surface area contributed by atoms with E-state index in [1.54, 1.807) is 30.3 Å². The Kier molecular flexibility index (Phi) is 3.48. The van der Waals surface area contributed by atoms with Gasteiger partial charge in [0.1, 0.15) is 11.3 Å². The highest BCUT2D eigenvalue weighted by atomic mass is 16.4. The second-order valence-electron chi connectivity index (χ2n) is 3.81. The van der Waals surface area contributed by atoms with Gasteiger partial charge in [-0.15, -0.1) is 0 Å². The second-order valence-corrected chi connectivity index (χ2v) is 3.81. The van der Waals surface area contributed by atoms with Gasteiger partial charge in [-0.05, 0) is 30.3 Å². The molecule has 0 bridgehead atoms. The molecule has 0 heterocycles. The summed E-state index contributed by atoms with van der Waals surface area (Å²) in [7, 11) is 0. The largest absolute Gasteiger partial charge is 0.507 e. The van der Waals surface area contributed by atoms with E-state index in [9.17, 15) is 10.2 Å². The summed E-state index contributed by atoms with van der Waals surface area (Å²) in [5, 5.41) is 28.0. The summed E-state index contributed by atoms with van der Waals surface area (Å²) in [6, 6.07) is 11.3. The van der Waals surface area contributed by atoms with Crippen LogP contribution in [0.4, 0.5) is 0 Å². The van der Waals surface area contributed by atoms with Gasteiger partial charge in [0.05, 0.1) is 5.56 Å². The van der Waals surface area contributed by atoms with E-state index in [0.717, 1.165) is 5.56 Å². The maximum Gasteiger partial charge on any atom is 0.319 e. The lowest BCUT2D eigenvalue weighted by Crippen LogP contribution is -1.86. The highest BCUT2D eigenvalue weighted by molar-refractivity contribution is 5.79. The van der Waals surface area contributed by atoms with E-state index in [2.05, 4.69) is 0 Å². The summed E-state index contributed by atoms with van der Waals surface area (Å²) in [6.07, 6.45) is 1.44. The summed E-state index contributed by atoms with van der Waals surface area (Å²) in [4.78, 5) is 0.